The molecule has 0 saturated carbocycles. The van der Waals surface area contributed by atoms with Gasteiger partial charge in [-0.3, -0.25) is 9.59 Å². The van der Waals surface area contributed by atoms with Gasteiger partial charge in [0.15, 0.2) is 6.10 Å². The molecule has 1 aliphatic heterocycles. The molecule has 25 heavy (non-hydrogen) atoms. The van der Waals surface area contributed by atoms with E-state index in [1.54, 1.807) is 25.1 Å². The first-order valence-electron chi connectivity index (χ1n) is 8.03. The summed E-state index contributed by atoms with van der Waals surface area (Å²) in [6, 6.07) is 14.6. The third-order valence-electron chi connectivity index (χ3n) is 4.13. The van der Waals surface area contributed by atoms with Crippen LogP contribution in [0.1, 0.15) is 5.56 Å². The van der Waals surface area contributed by atoms with E-state index in [9.17, 15) is 9.59 Å². The minimum absolute atomic E-state index is 0.0881. The molecule has 1 aliphatic rings. The second-order valence-corrected chi connectivity index (χ2v) is 5.72. The van der Waals surface area contributed by atoms with Crippen molar-refractivity contribution in [1.82, 2.24) is 5.32 Å². The van der Waals surface area contributed by atoms with Crippen molar-refractivity contribution in [3.8, 4) is 11.5 Å². The lowest BCUT2D eigenvalue weighted by Gasteiger charge is -2.34. The van der Waals surface area contributed by atoms with Crippen molar-refractivity contribution in [2.75, 3.05) is 25.6 Å². The smallest absolute Gasteiger partial charge is 0.262 e. The van der Waals surface area contributed by atoms with Crippen LogP contribution < -0.4 is 19.7 Å². The Morgan fingerprint density at radius 3 is 2.60 bits per heavy atom. The first kappa shape index (κ1) is 16.8. The molecule has 1 heterocycles. The van der Waals surface area contributed by atoms with Crippen LogP contribution in [-0.4, -0.2) is 38.6 Å². The van der Waals surface area contributed by atoms with E-state index in [1.165, 1.54) is 0 Å². The Morgan fingerprint density at radius 1 is 1.20 bits per heavy atom. The predicted octanol–water partition coefficient (Wildman–Crippen LogP) is 1.78. The summed E-state index contributed by atoms with van der Waals surface area (Å²) in [5.41, 5.74) is 1.56. The van der Waals surface area contributed by atoms with Gasteiger partial charge in [-0.2, -0.15) is 0 Å². The molecule has 3 rings (SSSR count). The normalized spacial score (nSPS) is 15.8. The number of anilines is 1. The number of methoxy groups -OCH3 is 1. The zero-order valence-electron chi connectivity index (χ0n) is 14.2. The number of fused-ring (bicyclic) bond motifs is 1. The van der Waals surface area contributed by atoms with Crippen molar-refractivity contribution >= 4 is 17.5 Å². The maximum atomic E-state index is 12.8. The lowest BCUT2D eigenvalue weighted by atomic mass is 10.1. The lowest BCUT2D eigenvalue weighted by molar-refractivity contribution is -0.127. The maximum Gasteiger partial charge on any atom is 0.262 e. The monoisotopic (exact) mass is 340 g/mol. The number of nitrogens with zero attached hydrogens (tertiary/aromatic N) is 1. The Bertz CT molecular complexity index is 773. The zero-order chi connectivity index (χ0) is 17.8. The number of benzene rings is 2. The minimum atomic E-state index is -0.722. The van der Waals surface area contributed by atoms with Crippen LogP contribution in [0.25, 0.3) is 0 Å². The summed E-state index contributed by atoms with van der Waals surface area (Å²) in [6.07, 6.45) is -0.488. The molecule has 6 heteroatoms. The van der Waals surface area contributed by atoms with E-state index in [4.69, 9.17) is 9.47 Å². The van der Waals surface area contributed by atoms with Gasteiger partial charge in [0.2, 0.25) is 5.91 Å². The Kier molecular flexibility index (Phi) is 4.88. The van der Waals surface area contributed by atoms with Crippen LogP contribution in [0, 0.1) is 0 Å². The molecule has 6 nitrogen and oxygen atoms in total. The van der Waals surface area contributed by atoms with Crippen LogP contribution in [0.15, 0.2) is 48.5 Å². The molecule has 0 radical (unpaired) electrons. The van der Waals surface area contributed by atoms with E-state index >= 15 is 0 Å². The third kappa shape index (κ3) is 3.57. The number of amides is 2. The number of para-hydroxylation sites is 2. The molecule has 0 unspecified atom stereocenters. The van der Waals surface area contributed by atoms with E-state index in [-0.39, 0.29) is 24.8 Å². The largest absolute Gasteiger partial charge is 0.497 e. The second-order valence-electron chi connectivity index (χ2n) is 5.72. The molecule has 2 amide bonds. The Hall–Kier alpha value is -3.02. The SMILES string of the molecule is CNC(=O)[C@@H]1CN(C(=O)Cc2ccc(OC)cc2)c2ccccc2O1. The van der Waals surface area contributed by atoms with Gasteiger partial charge in [-0.05, 0) is 29.8 Å². The second kappa shape index (κ2) is 7.25. The lowest BCUT2D eigenvalue weighted by Crippen LogP contribution is -2.50. The minimum Gasteiger partial charge on any atom is -0.497 e. The molecule has 0 aromatic heterocycles. The fraction of sp³-hybridized carbons (Fsp3) is 0.263. The van der Waals surface area contributed by atoms with Gasteiger partial charge in [0, 0.05) is 7.05 Å². The van der Waals surface area contributed by atoms with Crippen LogP contribution in [-0.2, 0) is 16.0 Å². The van der Waals surface area contributed by atoms with Crippen molar-refractivity contribution < 1.29 is 19.1 Å². The molecule has 1 atom stereocenters. The molecular formula is C19H20N2O4. The highest BCUT2D eigenvalue weighted by Gasteiger charge is 2.33. The Morgan fingerprint density at radius 2 is 1.92 bits per heavy atom. The summed E-state index contributed by atoms with van der Waals surface area (Å²) in [5.74, 6) is 0.935. The number of hydrogen-bond donors (Lipinski definition) is 1. The summed E-state index contributed by atoms with van der Waals surface area (Å²) in [6.45, 7) is 0.186. The highest BCUT2D eigenvalue weighted by atomic mass is 16.5. The number of carbonyl (C=O) groups is 2. The summed E-state index contributed by atoms with van der Waals surface area (Å²) >= 11 is 0. The highest BCUT2D eigenvalue weighted by molar-refractivity contribution is 5.98. The average Bonchev–Trinajstić information content (AvgIpc) is 2.67. The molecule has 0 bridgehead atoms. The predicted molar refractivity (Wildman–Crippen MR) is 94.0 cm³/mol. The van der Waals surface area contributed by atoms with Crippen molar-refractivity contribution in [3.63, 3.8) is 0 Å². The molecule has 130 valence electrons. The van der Waals surface area contributed by atoms with Gasteiger partial charge >= 0.3 is 0 Å². The zero-order valence-corrected chi connectivity index (χ0v) is 14.2. The molecular weight excluding hydrogens is 320 g/mol. The molecule has 0 saturated heterocycles. The standard InChI is InChI=1S/C19H20N2O4/c1-20-19(23)17-12-21(15-5-3-4-6-16(15)25-17)18(22)11-13-7-9-14(24-2)10-8-13/h3-10,17H,11-12H2,1-2H3,(H,20,23)/t17-/m0/s1. The van der Waals surface area contributed by atoms with Crippen LogP contribution >= 0.6 is 0 Å². The average molecular weight is 340 g/mol. The van der Waals surface area contributed by atoms with Gasteiger partial charge in [-0.15, -0.1) is 0 Å². The molecule has 0 spiro atoms. The number of ether oxygens (including phenoxy) is 2. The summed E-state index contributed by atoms with van der Waals surface area (Å²) in [4.78, 5) is 26.4. The van der Waals surface area contributed by atoms with Gasteiger partial charge < -0.3 is 19.7 Å². The van der Waals surface area contributed by atoms with Crippen molar-refractivity contribution in [1.29, 1.82) is 0 Å². The van der Waals surface area contributed by atoms with Gasteiger partial charge in [0.1, 0.15) is 11.5 Å². The highest BCUT2D eigenvalue weighted by Crippen LogP contribution is 2.33. The van der Waals surface area contributed by atoms with Gasteiger partial charge in [0.25, 0.3) is 5.91 Å². The molecule has 2 aromatic carbocycles. The fourth-order valence-electron chi connectivity index (χ4n) is 2.78. The van der Waals surface area contributed by atoms with Gasteiger partial charge in [0.05, 0.1) is 25.8 Å². The first-order chi connectivity index (χ1) is 12.1. The Labute approximate surface area is 146 Å². The molecule has 1 N–H and O–H groups in total. The quantitative estimate of drug-likeness (QED) is 0.921. The van der Waals surface area contributed by atoms with E-state index in [0.717, 1.165) is 11.3 Å². The van der Waals surface area contributed by atoms with Crippen molar-refractivity contribution in [2.45, 2.75) is 12.5 Å². The topological polar surface area (TPSA) is 67.9 Å². The number of hydrogen-bond acceptors (Lipinski definition) is 4. The molecule has 2 aromatic rings. The summed E-state index contributed by atoms with van der Waals surface area (Å²) in [7, 11) is 3.15. The number of nitrogens with one attached hydrogen (secondary N) is 1. The van der Waals surface area contributed by atoms with Crippen molar-refractivity contribution in [3.05, 3.63) is 54.1 Å². The first-order valence-corrected chi connectivity index (χ1v) is 8.03. The number of carbonyl (C=O) groups excluding carboxylic acids is 2. The van der Waals surface area contributed by atoms with E-state index in [1.807, 2.05) is 42.5 Å². The van der Waals surface area contributed by atoms with E-state index < -0.39 is 6.10 Å². The van der Waals surface area contributed by atoms with Gasteiger partial charge in [-0.1, -0.05) is 24.3 Å². The third-order valence-corrected chi connectivity index (χ3v) is 4.13. The van der Waals surface area contributed by atoms with Crippen molar-refractivity contribution in [2.24, 2.45) is 0 Å². The van der Waals surface area contributed by atoms with E-state index in [2.05, 4.69) is 5.32 Å². The van der Waals surface area contributed by atoms with E-state index in [0.29, 0.717) is 11.4 Å². The molecule has 0 aliphatic carbocycles. The van der Waals surface area contributed by atoms with Crippen LogP contribution in [0.4, 0.5) is 5.69 Å². The number of likely N-dealkylation sites (N-methyl/N-ethyl adjacent to an activating group) is 1. The van der Waals surface area contributed by atoms with Crippen LogP contribution in [0.2, 0.25) is 0 Å². The number of rotatable bonds is 4. The maximum absolute atomic E-state index is 12.8. The summed E-state index contributed by atoms with van der Waals surface area (Å²) in [5, 5.41) is 2.57. The Balaban J connectivity index is 1.83. The molecule has 0 fully saturated rings. The van der Waals surface area contributed by atoms with Gasteiger partial charge in [-0.25, -0.2) is 0 Å². The van der Waals surface area contributed by atoms with Crippen LogP contribution in [0.3, 0.4) is 0 Å². The fourth-order valence-corrected chi connectivity index (χ4v) is 2.78. The van der Waals surface area contributed by atoms with Crippen LogP contribution in [0.5, 0.6) is 11.5 Å². The summed E-state index contributed by atoms with van der Waals surface area (Å²) < 4.78 is 10.9.